The molecule has 4 aliphatic rings. The molecule has 4 rings (SSSR count). The Morgan fingerprint density at radius 3 is 2.23 bits per heavy atom. The minimum absolute atomic E-state index is 0.0476. The molecule has 0 aromatic rings. The maximum absolute atomic E-state index is 17.1. The van der Waals surface area contributed by atoms with Crippen LogP contribution in [0.3, 0.4) is 0 Å². The number of alkyl halides is 2. The first kappa shape index (κ1) is 32.9. The summed E-state index contributed by atoms with van der Waals surface area (Å²) in [5.74, 6) is -2.94. The topological polar surface area (TPSA) is 83.9 Å². The van der Waals surface area contributed by atoms with Crippen molar-refractivity contribution in [3.63, 3.8) is 0 Å². The van der Waals surface area contributed by atoms with Gasteiger partial charge in [0.05, 0.1) is 6.10 Å². The van der Waals surface area contributed by atoms with Gasteiger partial charge in [0, 0.05) is 41.2 Å². The number of nitrogens with zero attached hydrogens (tertiary/aromatic N) is 1. The van der Waals surface area contributed by atoms with Gasteiger partial charge in [-0.3, -0.25) is 14.4 Å². The summed E-state index contributed by atoms with van der Waals surface area (Å²) in [5, 5.41) is 10.7. The van der Waals surface area contributed by atoms with Crippen LogP contribution in [0.15, 0.2) is 23.8 Å². The van der Waals surface area contributed by atoms with Crippen LogP contribution in [0.2, 0.25) is 0 Å². The molecule has 0 radical (unpaired) electrons. The van der Waals surface area contributed by atoms with Crippen molar-refractivity contribution in [1.82, 2.24) is 4.90 Å². The first-order valence-corrected chi connectivity index (χ1v) is 14.9. The molecule has 9 atom stereocenters. The highest BCUT2D eigenvalue weighted by atomic mass is 32.1. The van der Waals surface area contributed by atoms with E-state index in [1.165, 1.54) is 19.1 Å². The van der Waals surface area contributed by atoms with Crippen LogP contribution in [-0.4, -0.2) is 69.6 Å². The van der Waals surface area contributed by atoms with Crippen molar-refractivity contribution >= 4 is 29.5 Å². The monoisotopic (exact) mass is 583 g/mol. The fourth-order valence-corrected chi connectivity index (χ4v) is 8.61. The first-order chi connectivity index (χ1) is 18.3. The Kier molecular flexibility index (Phi) is 9.26. The Labute approximate surface area is 243 Å². The minimum Gasteiger partial charge on any atom is -0.449 e. The molecular weight excluding hydrogens is 536 g/mol. The van der Waals surface area contributed by atoms with Crippen molar-refractivity contribution in [2.45, 2.75) is 117 Å². The first-order valence-electron chi connectivity index (χ1n) is 14.5. The molecule has 0 bridgehead atoms. The SMILES string of the molecule is CC(C)N(C)C(C)C.CCC(=O)O[C@]1(C(=O)S)[C@H](C)C[C@H]2[C@@H]3C[C@H](F)C4=CC(=O)C=C[C@]4(C)[C@@]3(F)[C@@H](O)C[C@@]21C. The Balaban J connectivity index is 0.000000482. The molecule has 3 fully saturated rings. The van der Waals surface area contributed by atoms with Crippen molar-refractivity contribution in [2.75, 3.05) is 7.05 Å². The smallest absolute Gasteiger partial charge is 0.306 e. The fourth-order valence-electron chi connectivity index (χ4n) is 8.09. The number of carbonyl (C=O) groups is 3. The van der Waals surface area contributed by atoms with E-state index in [1.807, 2.05) is 0 Å². The van der Waals surface area contributed by atoms with Gasteiger partial charge in [0.2, 0.25) is 5.12 Å². The van der Waals surface area contributed by atoms with Crippen LogP contribution in [0.25, 0.3) is 0 Å². The summed E-state index contributed by atoms with van der Waals surface area (Å²) in [6, 6.07) is 1.35. The number of hydrogen-bond acceptors (Lipinski definition) is 6. The fraction of sp³-hybridized carbons (Fsp3) is 0.774. The van der Waals surface area contributed by atoms with Crippen molar-refractivity contribution < 1.29 is 33.0 Å². The van der Waals surface area contributed by atoms with E-state index in [-0.39, 0.29) is 24.8 Å². The van der Waals surface area contributed by atoms with Gasteiger partial charge < -0.3 is 14.7 Å². The second-order valence-electron chi connectivity index (χ2n) is 13.2. The van der Waals surface area contributed by atoms with Crippen LogP contribution in [0.4, 0.5) is 8.78 Å². The summed E-state index contributed by atoms with van der Waals surface area (Å²) in [7, 11) is 2.15. The van der Waals surface area contributed by atoms with Gasteiger partial charge in [-0.25, -0.2) is 8.78 Å². The zero-order chi connectivity index (χ0) is 30.6. The number of thiol groups is 1. The van der Waals surface area contributed by atoms with E-state index in [0.717, 1.165) is 6.08 Å². The zero-order valence-corrected chi connectivity index (χ0v) is 26.2. The number of rotatable bonds is 5. The van der Waals surface area contributed by atoms with E-state index in [9.17, 15) is 19.5 Å². The molecule has 3 saturated carbocycles. The molecule has 0 unspecified atom stereocenters. The number of esters is 1. The molecular formula is C31H47F2NO5S. The minimum atomic E-state index is -2.24. The van der Waals surface area contributed by atoms with Gasteiger partial charge in [0.15, 0.2) is 17.1 Å². The largest absolute Gasteiger partial charge is 0.449 e. The molecule has 1 N–H and O–H groups in total. The number of ether oxygens (including phenoxy) is 1. The number of ketones is 1. The van der Waals surface area contributed by atoms with Gasteiger partial charge >= 0.3 is 5.97 Å². The molecule has 0 aromatic heterocycles. The third-order valence-electron chi connectivity index (χ3n) is 10.7. The normalized spacial score (nSPS) is 42.0. The van der Waals surface area contributed by atoms with Crippen LogP contribution in [0.5, 0.6) is 0 Å². The number of carbonyl (C=O) groups excluding carboxylic acids is 3. The van der Waals surface area contributed by atoms with Crippen LogP contribution < -0.4 is 0 Å². The number of aliphatic hydroxyl groups excluding tert-OH is 1. The maximum Gasteiger partial charge on any atom is 0.306 e. The predicted molar refractivity (Wildman–Crippen MR) is 154 cm³/mol. The molecule has 0 amide bonds. The summed E-state index contributed by atoms with van der Waals surface area (Å²) < 4.78 is 38.3. The number of halogens is 2. The van der Waals surface area contributed by atoms with Crippen molar-refractivity contribution in [3.05, 3.63) is 23.8 Å². The van der Waals surface area contributed by atoms with Crippen molar-refractivity contribution in [3.8, 4) is 0 Å². The molecule has 0 heterocycles. The molecule has 0 aliphatic heterocycles. The molecule has 9 heteroatoms. The Morgan fingerprint density at radius 1 is 1.18 bits per heavy atom. The lowest BCUT2D eigenvalue weighted by atomic mass is 9.44. The van der Waals surface area contributed by atoms with Gasteiger partial charge in [0.25, 0.3) is 0 Å². The summed E-state index contributed by atoms with van der Waals surface area (Å²) >= 11 is 4.09. The molecule has 0 aromatic carbocycles. The van der Waals surface area contributed by atoms with Crippen molar-refractivity contribution in [2.24, 2.45) is 28.6 Å². The quantitative estimate of drug-likeness (QED) is 0.332. The van der Waals surface area contributed by atoms with Gasteiger partial charge in [-0.1, -0.05) is 26.8 Å². The molecule has 40 heavy (non-hydrogen) atoms. The van der Waals surface area contributed by atoms with Crippen molar-refractivity contribution in [1.29, 1.82) is 0 Å². The van der Waals surface area contributed by atoms with Gasteiger partial charge in [-0.2, -0.15) is 0 Å². The molecule has 4 aliphatic carbocycles. The summed E-state index contributed by atoms with van der Waals surface area (Å²) in [5.41, 5.74) is -6.46. The van der Waals surface area contributed by atoms with Crippen LogP contribution >= 0.6 is 12.6 Å². The van der Waals surface area contributed by atoms with Crippen LogP contribution in [-0.2, 0) is 19.1 Å². The predicted octanol–water partition coefficient (Wildman–Crippen LogP) is 5.43. The van der Waals surface area contributed by atoms with E-state index in [2.05, 4.69) is 52.3 Å². The summed E-state index contributed by atoms with van der Waals surface area (Å²) in [4.78, 5) is 39.5. The zero-order valence-electron chi connectivity index (χ0n) is 25.3. The number of allylic oxidation sites excluding steroid dienone is 4. The lowest BCUT2D eigenvalue weighted by Gasteiger charge is -2.63. The molecule has 6 nitrogen and oxygen atoms in total. The number of hydrogen-bond donors (Lipinski definition) is 2. The average molecular weight is 584 g/mol. The third kappa shape index (κ3) is 4.72. The highest BCUT2D eigenvalue weighted by Crippen LogP contribution is 2.71. The Hall–Kier alpha value is -1.58. The molecule has 0 spiro atoms. The van der Waals surface area contributed by atoms with E-state index in [0.29, 0.717) is 18.5 Å². The molecule has 226 valence electrons. The lowest BCUT2D eigenvalue weighted by Crippen LogP contribution is -2.70. The maximum atomic E-state index is 17.1. The van der Waals surface area contributed by atoms with Gasteiger partial charge in [-0.05, 0) is 84.6 Å². The summed E-state index contributed by atoms with van der Waals surface area (Å²) in [6.45, 7) is 15.5. The van der Waals surface area contributed by atoms with E-state index >= 15 is 8.78 Å². The Morgan fingerprint density at radius 2 is 1.75 bits per heavy atom. The Bertz CT molecular complexity index is 1090. The van der Waals surface area contributed by atoms with E-state index < -0.39 is 69.0 Å². The highest BCUT2D eigenvalue weighted by molar-refractivity contribution is 7.96. The average Bonchev–Trinajstić information content (AvgIpc) is 3.08. The molecule has 0 saturated heterocycles. The number of aliphatic hydroxyl groups is 1. The van der Waals surface area contributed by atoms with Crippen LogP contribution in [0, 0.1) is 28.6 Å². The highest BCUT2D eigenvalue weighted by Gasteiger charge is 2.77. The van der Waals surface area contributed by atoms with E-state index in [4.69, 9.17) is 4.74 Å². The van der Waals surface area contributed by atoms with Gasteiger partial charge in [-0.15, -0.1) is 12.6 Å². The standard InChI is InChI=1S/C24H30F2O5S.C7H17N/c1-5-19(29)31-24(20(30)32)12(2)8-14-15-10-17(25)16-9-13(27)6-7-21(16,3)23(15,26)18(28)11-22(14,24)4;1-6(2)8(5)7(3)4/h6-7,9,12,14-15,17-18,28H,5,8,10-11H2,1-4H3,(H,30,32);6-7H,1-5H3/t12-,14+,15+,17+,18+,21+,22+,23+,24+;/m1./s1. The van der Waals surface area contributed by atoms with Gasteiger partial charge in [0.1, 0.15) is 6.17 Å². The third-order valence-corrected chi connectivity index (χ3v) is 11.0. The van der Waals surface area contributed by atoms with E-state index in [1.54, 1.807) is 20.8 Å². The lowest BCUT2D eigenvalue weighted by molar-refractivity contribution is -0.228. The summed E-state index contributed by atoms with van der Waals surface area (Å²) in [6.07, 6.45) is 0.619. The second-order valence-corrected chi connectivity index (χ2v) is 13.6. The second kappa shape index (κ2) is 11.3. The number of fused-ring (bicyclic) bond motifs is 5. The van der Waals surface area contributed by atoms with Crippen LogP contribution in [0.1, 0.15) is 81.1 Å².